The van der Waals surface area contributed by atoms with E-state index in [4.69, 9.17) is 0 Å². The molecule has 206 valence electrons. The number of carbonyl (C=O) groups is 4. The summed E-state index contributed by atoms with van der Waals surface area (Å²) in [7, 11) is -4.66. The van der Waals surface area contributed by atoms with Crippen molar-refractivity contribution in [3.05, 3.63) is 64.7 Å². The zero-order chi connectivity index (χ0) is 28.1. The Morgan fingerprint density at radius 2 is 1.62 bits per heavy atom. The molecule has 39 heavy (non-hydrogen) atoms. The lowest BCUT2D eigenvalue weighted by Gasteiger charge is -2.38. The minimum atomic E-state index is -4.66. The number of nitrogens with zero attached hydrogens (tertiary/aromatic N) is 2. The van der Waals surface area contributed by atoms with Crippen LogP contribution in [0.4, 0.5) is 8.78 Å². The number of imide groups is 2. The summed E-state index contributed by atoms with van der Waals surface area (Å²) >= 11 is 0. The van der Waals surface area contributed by atoms with E-state index >= 15 is 0 Å². The van der Waals surface area contributed by atoms with E-state index in [1.165, 1.54) is 24.3 Å². The number of carbonyl (C=O) groups excluding carboxylic acids is 4. The molecule has 2 fully saturated rings. The summed E-state index contributed by atoms with van der Waals surface area (Å²) in [5.41, 5.74) is 0.146. The maximum Gasteiger partial charge on any atom is 0.341 e. The topological polar surface area (TPSA) is 141 Å². The number of rotatable bonds is 6. The summed E-state index contributed by atoms with van der Waals surface area (Å²) in [4.78, 5) is 52.2. The number of alkyl halides is 2. The molecule has 0 aliphatic carbocycles. The van der Waals surface area contributed by atoms with Crippen LogP contribution in [0.1, 0.15) is 57.5 Å². The summed E-state index contributed by atoms with van der Waals surface area (Å²) in [6.45, 7) is 1.34. The van der Waals surface area contributed by atoms with Gasteiger partial charge in [0, 0.05) is 26.1 Å². The van der Waals surface area contributed by atoms with E-state index in [0.717, 1.165) is 22.6 Å². The first-order chi connectivity index (χ1) is 18.4. The third-order valence-corrected chi connectivity index (χ3v) is 8.95. The summed E-state index contributed by atoms with van der Waals surface area (Å²) in [6.07, 6.45) is 0.684. The highest BCUT2D eigenvalue weighted by Gasteiger charge is 2.45. The molecule has 2 aromatic carbocycles. The molecule has 1 unspecified atom stereocenters. The average Bonchev–Trinajstić information content (AvgIpc) is 3.15. The highest BCUT2D eigenvalue weighted by molar-refractivity contribution is 7.91. The first-order valence-corrected chi connectivity index (χ1v) is 13.9. The van der Waals surface area contributed by atoms with Crippen molar-refractivity contribution in [2.24, 2.45) is 0 Å². The molecule has 10 nitrogen and oxygen atoms in total. The van der Waals surface area contributed by atoms with Crippen molar-refractivity contribution in [3.8, 4) is 0 Å². The fourth-order valence-electron chi connectivity index (χ4n) is 5.28. The summed E-state index contributed by atoms with van der Waals surface area (Å²) in [6, 6.07) is 8.73. The van der Waals surface area contributed by atoms with Crippen molar-refractivity contribution < 1.29 is 41.5 Å². The standard InChI is InChI=1S/C26H25F2N3O7S/c27-25(28)39(37,38)17-4-1-15(2-5-17)14-30-11-9-26(36,10-12-30)16-3-6-18-19(13-16)24(35)31(23(18)34)20-7-8-21(32)29-22(20)33/h1-6,13,20,25,36H,7-12,14H2,(H,29,32,33). The largest absolute Gasteiger partial charge is 0.385 e. The van der Waals surface area contributed by atoms with Gasteiger partial charge in [0.05, 0.1) is 21.6 Å². The maximum atomic E-state index is 13.1. The van der Waals surface area contributed by atoms with Gasteiger partial charge in [-0.1, -0.05) is 18.2 Å². The zero-order valence-electron chi connectivity index (χ0n) is 20.6. The minimum Gasteiger partial charge on any atom is -0.385 e. The first-order valence-electron chi connectivity index (χ1n) is 12.3. The Morgan fingerprint density at radius 1 is 0.974 bits per heavy atom. The number of hydrogen-bond acceptors (Lipinski definition) is 8. The molecule has 0 radical (unpaired) electrons. The summed E-state index contributed by atoms with van der Waals surface area (Å²) < 4.78 is 48.7. The molecule has 4 amide bonds. The van der Waals surface area contributed by atoms with Crippen LogP contribution in [-0.2, 0) is 31.6 Å². The smallest absolute Gasteiger partial charge is 0.341 e. The minimum absolute atomic E-state index is 0.0181. The van der Waals surface area contributed by atoms with Gasteiger partial charge < -0.3 is 5.11 Å². The van der Waals surface area contributed by atoms with E-state index in [2.05, 4.69) is 5.32 Å². The molecule has 0 aromatic heterocycles. The first kappa shape index (κ1) is 27.0. The van der Waals surface area contributed by atoms with Crippen molar-refractivity contribution in [2.45, 2.75) is 54.5 Å². The highest BCUT2D eigenvalue weighted by Crippen LogP contribution is 2.37. The number of likely N-dealkylation sites (tertiary alicyclic amines) is 1. The van der Waals surface area contributed by atoms with Crippen molar-refractivity contribution in [1.82, 2.24) is 15.1 Å². The SMILES string of the molecule is O=C1CCC(N2C(=O)c3ccc(C4(O)CCN(Cc5ccc(S(=O)(=O)C(F)F)cc5)CC4)cc3C2=O)C(=O)N1. The van der Waals surface area contributed by atoms with Gasteiger partial charge in [-0.2, -0.15) is 8.78 Å². The van der Waals surface area contributed by atoms with E-state index in [0.29, 0.717) is 38.0 Å². The fraction of sp³-hybridized carbons (Fsp3) is 0.385. The quantitative estimate of drug-likeness (QED) is 0.507. The second-order valence-corrected chi connectivity index (χ2v) is 11.9. The number of benzene rings is 2. The van der Waals surface area contributed by atoms with Gasteiger partial charge in [0.15, 0.2) is 0 Å². The van der Waals surface area contributed by atoms with Gasteiger partial charge in [0.2, 0.25) is 21.7 Å². The number of sulfone groups is 1. The van der Waals surface area contributed by atoms with Crippen LogP contribution >= 0.6 is 0 Å². The molecule has 3 heterocycles. The van der Waals surface area contributed by atoms with Crippen molar-refractivity contribution in [3.63, 3.8) is 0 Å². The normalized spacial score (nSPS) is 21.8. The van der Waals surface area contributed by atoms with E-state index in [-0.39, 0.29) is 24.0 Å². The van der Waals surface area contributed by atoms with E-state index in [1.807, 2.05) is 4.90 Å². The Balaban J connectivity index is 1.26. The van der Waals surface area contributed by atoms with E-state index < -0.39 is 55.8 Å². The lowest BCUT2D eigenvalue weighted by Crippen LogP contribution is -2.54. The van der Waals surface area contributed by atoms with Crippen LogP contribution < -0.4 is 5.32 Å². The summed E-state index contributed by atoms with van der Waals surface area (Å²) in [5, 5.41) is 13.6. The van der Waals surface area contributed by atoms with E-state index in [1.54, 1.807) is 6.07 Å². The lowest BCUT2D eigenvalue weighted by molar-refractivity contribution is -0.136. The van der Waals surface area contributed by atoms with Crippen LogP contribution in [0.2, 0.25) is 0 Å². The van der Waals surface area contributed by atoms with Gasteiger partial charge in [0.25, 0.3) is 11.8 Å². The van der Waals surface area contributed by atoms with Crippen LogP contribution in [0.25, 0.3) is 0 Å². The molecule has 2 aromatic rings. The fourth-order valence-corrected chi connectivity index (χ4v) is 6.00. The predicted octanol–water partition coefficient (Wildman–Crippen LogP) is 1.57. The van der Waals surface area contributed by atoms with Crippen LogP contribution in [0.3, 0.4) is 0 Å². The summed E-state index contributed by atoms with van der Waals surface area (Å²) in [5.74, 6) is -5.91. The van der Waals surface area contributed by atoms with Crippen LogP contribution in [0.5, 0.6) is 0 Å². The molecule has 13 heteroatoms. The van der Waals surface area contributed by atoms with Gasteiger partial charge in [0.1, 0.15) is 6.04 Å². The zero-order valence-corrected chi connectivity index (χ0v) is 21.4. The number of fused-ring (bicyclic) bond motifs is 1. The van der Waals surface area contributed by atoms with Crippen LogP contribution in [0, 0.1) is 0 Å². The molecule has 0 bridgehead atoms. The molecule has 5 rings (SSSR count). The molecule has 3 aliphatic heterocycles. The average molecular weight is 562 g/mol. The second kappa shape index (κ2) is 9.88. The maximum absolute atomic E-state index is 13.1. The second-order valence-electron chi connectivity index (χ2n) is 9.96. The molecule has 0 spiro atoms. The third-order valence-electron chi connectivity index (χ3n) is 7.55. The molecule has 2 N–H and O–H groups in total. The van der Waals surface area contributed by atoms with Crippen LogP contribution in [-0.4, -0.2) is 71.8 Å². The highest BCUT2D eigenvalue weighted by atomic mass is 32.2. The van der Waals surface area contributed by atoms with Crippen molar-refractivity contribution in [2.75, 3.05) is 13.1 Å². The van der Waals surface area contributed by atoms with Gasteiger partial charge in [-0.15, -0.1) is 0 Å². The van der Waals surface area contributed by atoms with Crippen molar-refractivity contribution in [1.29, 1.82) is 0 Å². The third kappa shape index (κ3) is 4.85. The Hall–Kier alpha value is -3.55. The number of halogens is 2. The molecular weight excluding hydrogens is 536 g/mol. The number of piperidine rings is 2. The molecular formula is C26H25F2N3O7S. The molecule has 3 aliphatic rings. The number of nitrogens with one attached hydrogen (secondary N) is 1. The predicted molar refractivity (Wildman–Crippen MR) is 131 cm³/mol. The molecule has 0 saturated carbocycles. The van der Waals surface area contributed by atoms with E-state index in [9.17, 15) is 41.5 Å². The Kier molecular flexibility index (Phi) is 6.85. The Morgan fingerprint density at radius 3 is 2.23 bits per heavy atom. The van der Waals surface area contributed by atoms with Gasteiger partial charge >= 0.3 is 5.76 Å². The Labute approximate surface area is 222 Å². The number of amides is 4. The van der Waals surface area contributed by atoms with Crippen LogP contribution in [0.15, 0.2) is 47.4 Å². The monoisotopic (exact) mass is 561 g/mol. The molecule has 1 atom stereocenters. The van der Waals surface area contributed by atoms with Crippen molar-refractivity contribution >= 4 is 33.5 Å². The van der Waals surface area contributed by atoms with Gasteiger partial charge in [-0.05, 0) is 54.7 Å². The Bertz CT molecular complexity index is 1470. The molecule has 2 saturated heterocycles. The van der Waals surface area contributed by atoms with Gasteiger partial charge in [-0.25, -0.2) is 8.42 Å². The van der Waals surface area contributed by atoms with Gasteiger partial charge in [-0.3, -0.25) is 34.3 Å². The lowest BCUT2D eigenvalue weighted by atomic mass is 9.83. The number of hydrogen-bond donors (Lipinski definition) is 2. The number of aliphatic hydroxyl groups is 1.